The van der Waals surface area contributed by atoms with Crippen molar-refractivity contribution >= 4 is 9.84 Å². The second kappa shape index (κ2) is 9.63. The minimum absolute atomic E-state index is 0.0538. The quantitative estimate of drug-likeness (QED) is 0.510. The molecule has 1 fully saturated rings. The summed E-state index contributed by atoms with van der Waals surface area (Å²) in [7, 11) is -3.09. The van der Waals surface area contributed by atoms with Crippen molar-refractivity contribution in [3.8, 4) is 11.6 Å². The third-order valence-corrected chi connectivity index (χ3v) is 8.90. The zero-order chi connectivity index (χ0) is 22.6. The van der Waals surface area contributed by atoms with E-state index < -0.39 is 26.2 Å². The van der Waals surface area contributed by atoms with Crippen LogP contribution in [0.25, 0.3) is 0 Å². The predicted molar refractivity (Wildman–Crippen MR) is 118 cm³/mol. The van der Waals surface area contributed by atoms with E-state index in [0.717, 1.165) is 56.2 Å². The molecule has 0 amide bonds. The Morgan fingerprint density at radius 1 is 1.06 bits per heavy atom. The van der Waals surface area contributed by atoms with Crippen LogP contribution in [0.1, 0.15) is 58.4 Å². The van der Waals surface area contributed by atoms with Gasteiger partial charge in [0.15, 0.2) is 21.4 Å². The normalized spacial score (nSPS) is 19.9. The van der Waals surface area contributed by atoms with Gasteiger partial charge in [-0.2, -0.15) is 0 Å². The fourth-order valence-electron chi connectivity index (χ4n) is 3.98. The number of pyridine rings is 1. The minimum Gasteiger partial charge on any atom is -0.436 e. The third-order valence-electron chi connectivity index (χ3n) is 6.13. The summed E-state index contributed by atoms with van der Waals surface area (Å²) in [5, 5.41) is 0. The highest BCUT2D eigenvalue weighted by Crippen LogP contribution is 2.35. The molecule has 2 aromatic rings. The Hall–Kier alpha value is -2.02. The maximum absolute atomic E-state index is 13.9. The molecule has 3 rings (SSSR count). The Morgan fingerprint density at radius 3 is 2.39 bits per heavy atom. The van der Waals surface area contributed by atoms with Crippen molar-refractivity contribution in [2.24, 2.45) is 11.8 Å². The molecule has 1 heterocycles. The second-order valence-electron chi connectivity index (χ2n) is 9.46. The van der Waals surface area contributed by atoms with Gasteiger partial charge in [0.1, 0.15) is 5.82 Å². The van der Waals surface area contributed by atoms with Crippen LogP contribution in [0.4, 0.5) is 8.78 Å². The van der Waals surface area contributed by atoms with Gasteiger partial charge >= 0.3 is 0 Å². The van der Waals surface area contributed by atoms with Crippen LogP contribution in [0.3, 0.4) is 0 Å². The number of benzene rings is 1. The average Bonchev–Trinajstić information content (AvgIpc) is 2.69. The van der Waals surface area contributed by atoms with Gasteiger partial charge in [-0.15, -0.1) is 0 Å². The van der Waals surface area contributed by atoms with E-state index >= 15 is 0 Å². The van der Waals surface area contributed by atoms with E-state index in [-0.39, 0.29) is 17.4 Å². The fraction of sp³-hybridized carbons (Fsp3) is 0.542. The highest BCUT2D eigenvalue weighted by Gasteiger charge is 2.33. The first kappa shape index (κ1) is 23.6. The van der Waals surface area contributed by atoms with Crippen molar-refractivity contribution in [1.29, 1.82) is 0 Å². The number of aryl methyl sites for hydroxylation is 1. The summed E-state index contributed by atoms with van der Waals surface area (Å²) in [6.45, 7) is 5.29. The number of halogens is 2. The molecule has 1 aromatic heterocycles. The fourth-order valence-corrected chi connectivity index (χ4v) is 5.43. The molecular weight excluding hydrogens is 420 g/mol. The number of ether oxygens (including phenoxy) is 1. The maximum atomic E-state index is 13.9. The molecule has 0 radical (unpaired) electrons. The van der Waals surface area contributed by atoms with E-state index in [4.69, 9.17) is 4.74 Å². The van der Waals surface area contributed by atoms with Gasteiger partial charge in [-0.25, -0.2) is 22.2 Å². The molecule has 1 aliphatic rings. The molecule has 7 heteroatoms. The summed E-state index contributed by atoms with van der Waals surface area (Å²) >= 11 is 0. The second-order valence-corrected chi connectivity index (χ2v) is 12.3. The Labute approximate surface area is 184 Å². The summed E-state index contributed by atoms with van der Waals surface area (Å²) in [6.07, 6.45) is 7.13. The van der Waals surface area contributed by atoms with Crippen LogP contribution < -0.4 is 4.74 Å². The molecule has 0 bridgehead atoms. The first-order chi connectivity index (χ1) is 14.5. The van der Waals surface area contributed by atoms with Crippen molar-refractivity contribution in [2.45, 2.75) is 64.0 Å². The summed E-state index contributed by atoms with van der Waals surface area (Å²) in [5.74, 6) is -0.118. The monoisotopic (exact) mass is 451 g/mol. The lowest BCUT2D eigenvalue weighted by atomic mass is 9.80. The first-order valence-corrected chi connectivity index (χ1v) is 12.5. The van der Waals surface area contributed by atoms with E-state index in [0.29, 0.717) is 11.8 Å². The van der Waals surface area contributed by atoms with Gasteiger partial charge in [-0.05, 0) is 76.5 Å². The summed E-state index contributed by atoms with van der Waals surface area (Å²) in [5.41, 5.74) is 0.878. The van der Waals surface area contributed by atoms with Gasteiger partial charge in [-0.1, -0.05) is 18.9 Å². The molecule has 0 N–H and O–H groups in total. The highest BCUT2D eigenvalue weighted by atomic mass is 32.2. The zero-order valence-corrected chi connectivity index (χ0v) is 19.2. The highest BCUT2D eigenvalue weighted by molar-refractivity contribution is 7.92. The molecule has 0 spiro atoms. The SMILES string of the molecule is CC(C)(C)S(=O)(=O)CC1CCC(CCc2cccnc2Oc2ccc(F)cc2F)CC1. The topological polar surface area (TPSA) is 56.3 Å². The van der Waals surface area contributed by atoms with Gasteiger partial charge in [0, 0.05) is 17.8 Å². The van der Waals surface area contributed by atoms with Gasteiger partial charge < -0.3 is 4.74 Å². The molecule has 1 saturated carbocycles. The molecule has 4 nitrogen and oxygen atoms in total. The van der Waals surface area contributed by atoms with Crippen LogP contribution in [0.15, 0.2) is 36.5 Å². The molecule has 1 aromatic carbocycles. The van der Waals surface area contributed by atoms with E-state index in [9.17, 15) is 17.2 Å². The van der Waals surface area contributed by atoms with E-state index in [1.165, 1.54) is 6.07 Å². The van der Waals surface area contributed by atoms with Crippen molar-refractivity contribution < 1.29 is 21.9 Å². The van der Waals surface area contributed by atoms with Crippen LogP contribution in [0.5, 0.6) is 11.6 Å². The Balaban J connectivity index is 1.55. The van der Waals surface area contributed by atoms with Crippen LogP contribution >= 0.6 is 0 Å². The minimum atomic E-state index is -3.09. The molecule has 170 valence electrons. The maximum Gasteiger partial charge on any atom is 0.222 e. The Kier molecular flexibility index (Phi) is 7.35. The van der Waals surface area contributed by atoms with Gasteiger partial charge in [0.05, 0.1) is 10.5 Å². The number of aromatic nitrogens is 1. The number of nitrogens with zero attached hydrogens (tertiary/aromatic N) is 1. The molecular formula is C24H31F2NO3S. The number of rotatable bonds is 7. The largest absolute Gasteiger partial charge is 0.436 e. The number of hydrogen-bond acceptors (Lipinski definition) is 4. The van der Waals surface area contributed by atoms with Crippen molar-refractivity contribution in [1.82, 2.24) is 4.98 Å². The average molecular weight is 452 g/mol. The summed E-state index contributed by atoms with van der Waals surface area (Å²) in [6, 6.07) is 6.92. The molecule has 0 unspecified atom stereocenters. The van der Waals surface area contributed by atoms with Crippen LogP contribution in [-0.2, 0) is 16.3 Å². The number of sulfone groups is 1. The van der Waals surface area contributed by atoms with Gasteiger partial charge in [0.2, 0.25) is 5.88 Å². The van der Waals surface area contributed by atoms with Crippen LogP contribution in [-0.4, -0.2) is 23.9 Å². The van der Waals surface area contributed by atoms with Crippen molar-refractivity contribution in [3.05, 3.63) is 53.7 Å². The third kappa shape index (κ3) is 6.25. The lowest BCUT2D eigenvalue weighted by molar-refractivity contribution is 0.277. The molecule has 31 heavy (non-hydrogen) atoms. The lowest BCUT2D eigenvalue weighted by Gasteiger charge is -2.30. The van der Waals surface area contributed by atoms with Crippen molar-refractivity contribution in [3.63, 3.8) is 0 Å². The van der Waals surface area contributed by atoms with Crippen LogP contribution in [0, 0.1) is 23.5 Å². The van der Waals surface area contributed by atoms with E-state index in [1.807, 2.05) is 12.1 Å². The Morgan fingerprint density at radius 2 is 1.74 bits per heavy atom. The molecule has 1 aliphatic carbocycles. The predicted octanol–water partition coefficient (Wildman–Crippen LogP) is 6.10. The zero-order valence-electron chi connectivity index (χ0n) is 18.4. The molecule has 0 aliphatic heterocycles. The first-order valence-electron chi connectivity index (χ1n) is 10.8. The van der Waals surface area contributed by atoms with Crippen LogP contribution in [0.2, 0.25) is 0 Å². The number of hydrogen-bond donors (Lipinski definition) is 0. The summed E-state index contributed by atoms with van der Waals surface area (Å²) < 4.78 is 56.9. The molecule has 0 saturated heterocycles. The van der Waals surface area contributed by atoms with Crippen molar-refractivity contribution in [2.75, 3.05) is 5.75 Å². The lowest BCUT2D eigenvalue weighted by Crippen LogP contribution is -2.34. The standard InChI is InChI=1S/C24H31F2NO3S/c1-24(2,3)31(28,29)16-18-8-6-17(7-9-18)10-11-19-5-4-14-27-23(19)30-22-13-12-20(25)15-21(22)26/h4-5,12-15,17-18H,6-11,16H2,1-3H3. The molecule has 0 atom stereocenters. The summed E-state index contributed by atoms with van der Waals surface area (Å²) in [4.78, 5) is 4.23. The van der Waals surface area contributed by atoms with E-state index in [2.05, 4.69) is 4.98 Å². The van der Waals surface area contributed by atoms with Gasteiger partial charge in [0.25, 0.3) is 0 Å². The smallest absolute Gasteiger partial charge is 0.222 e. The van der Waals surface area contributed by atoms with E-state index in [1.54, 1.807) is 27.0 Å². The Bertz CT molecular complexity index is 994. The van der Waals surface area contributed by atoms with Gasteiger partial charge in [-0.3, -0.25) is 0 Å².